The normalized spacial score (nSPS) is 19.5. The monoisotopic (exact) mass is 389 g/mol. The van der Waals surface area contributed by atoms with Crippen LogP contribution in [0.2, 0.25) is 0 Å². The molecular formula is C24H23NO2S. The summed E-state index contributed by atoms with van der Waals surface area (Å²) in [6.07, 6.45) is 1.42. The third-order valence-corrected chi connectivity index (χ3v) is 6.40. The van der Waals surface area contributed by atoms with Crippen LogP contribution in [-0.4, -0.2) is 18.3 Å². The van der Waals surface area contributed by atoms with Gasteiger partial charge < -0.3 is 9.64 Å². The van der Waals surface area contributed by atoms with Gasteiger partial charge in [0, 0.05) is 22.3 Å². The summed E-state index contributed by atoms with van der Waals surface area (Å²) >= 11 is 1.86. The molecule has 0 radical (unpaired) electrons. The van der Waals surface area contributed by atoms with Gasteiger partial charge in [0.1, 0.15) is 5.75 Å². The van der Waals surface area contributed by atoms with Crippen molar-refractivity contribution in [3.05, 3.63) is 90.5 Å². The number of anilines is 1. The van der Waals surface area contributed by atoms with Gasteiger partial charge in [-0.05, 0) is 48.4 Å². The van der Waals surface area contributed by atoms with Crippen LogP contribution in [0.5, 0.6) is 5.75 Å². The van der Waals surface area contributed by atoms with Crippen molar-refractivity contribution in [2.75, 3.05) is 12.0 Å². The molecule has 1 aliphatic rings. The molecule has 0 spiro atoms. The van der Waals surface area contributed by atoms with Gasteiger partial charge in [-0.2, -0.15) is 0 Å². The zero-order chi connectivity index (χ0) is 19.3. The molecule has 142 valence electrons. The molecule has 28 heavy (non-hydrogen) atoms. The van der Waals surface area contributed by atoms with Crippen LogP contribution in [-0.2, 0) is 4.79 Å². The lowest BCUT2D eigenvalue weighted by Gasteiger charge is -2.41. The van der Waals surface area contributed by atoms with Gasteiger partial charge in [0.2, 0.25) is 5.91 Å². The number of carbonyl (C=O) groups excluding carboxylic acids is 1. The minimum Gasteiger partial charge on any atom is -0.497 e. The van der Waals surface area contributed by atoms with Crippen LogP contribution in [0.3, 0.4) is 0 Å². The molecule has 1 saturated heterocycles. The Balaban J connectivity index is 1.73. The second-order valence-corrected chi connectivity index (χ2v) is 8.14. The Kier molecular flexibility index (Phi) is 5.68. The fourth-order valence-electron chi connectivity index (χ4n) is 3.72. The first-order valence-corrected chi connectivity index (χ1v) is 10.4. The Bertz CT molecular complexity index is 912. The van der Waals surface area contributed by atoms with Crippen molar-refractivity contribution < 1.29 is 9.53 Å². The van der Waals surface area contributed by atoms with E-state index < -0.39 is 0 Å². The summed E-state index contributed by atoms with van der Waals surface area (Å²) in [5.41, 5.74) is 2.08. The van der Waals surface area contributed by atoms with Crippen molar-refractivity contribution in [3.63, 3.8) is 0 Å². The fourth-order valence-corrected chi connectivity index (χ4v) is 5.03. The van der Waals surface area contributed by atoms with Crippen LogP contribution >= 0.6 is 11.8 Å². The van der Waals surface area contributed by atoms with Crippen LogP contribution in [0.4, 0.5) is 5.69 Å². The number of ether oxygens (including phenoxy) is 1. The maximum absolute atomic E-state index is 13.0. The van der Waals surface area contributed by atoms with Crippen molar-refractivity contribution >= 4 is 23.4 Å². The molecule has 0 bridgehead atoms. The molecule has 2 unspecified atom stereocenters. The third-order valence-electron chi connectivity index (χ3n) is 5.06. The number of nitrogens with zero attached hydrogens (tertiary/aromatic N) is 1. The van der Waals surface area contributed by atoms with E-state index in [-0.39, 0.29) is 17.2 Å². The maximum Gasteiger partial charge on any atom is 0.227 e. The Morgan fingerprint density at radius 1 is 0.893 bits per heavy atom. The van der Waals surface area contributed by atoms with Gasteiger partial charge in [-0.15, -0.1) is 11.8 Å². The van der Waals surface area contributed by atoms with E-state index in [1.807, 2.05) is 65.2 Å². The number of hydrogen-bond donors (Lipinski definition) is 0. The van der Waals surface area contributed by atoms with Crippen LogP contribution in [0.1, 0.15) is 24.4 Å². The van der Waals surface area contributed by atoms with Crippen molar-refractivity contribution in [1.29, 1.82) is 0 Å². The molecule has 1 fully saturated rings. The number of rotatable bonds is 5. The Hall–Kier alpha value is -2.72. The van der Waals surface area contributed by atoms with Crippen LogP contribution in [0.25, 0.3) is 0 Å². The minimum atomic E-state index is -0.0129. The molecule has 1 amide bonds. The van der Waals surface area contributed by atoms with Gasteiger partial charge in [-0.3, -0.25) is 4.79 Å². The van der Waals surface area contributed by atoms with Crippen molar-refractivity contribution in [2.24, 2.45) is 0 Å². The first-order valence-electron chi connectivity index (χ1n) is 9.49. The van der Waals surface area contributed by atoms with Crippen molar-refractivity contribution in [1.82, 2.24) is 0 Å². The van der Waals surface area contributed by atoms with Crippen LogP contribution in [0.15, 0.2) is 89.8 Å². The standard InChI is InChI=1S/C24H23NO2S/c1-27-20-14-12-19(13-15-20)25-23(26)17-16-22(28-21-10-6-3-7-11-21)24(25)18-8-4-2-5-9-18/h2-15,22,24H,16-17H2,1H3. The smallest absolute Gasteiger partial charge is 0.227 e. The average molecular weight is 390 g/mol. The highest BCUT2D eigenvalue weighted by Crippen LogP contribution is 2.44. The first-order chi connectivity index (χ1) is 13.8. The van der Waals surface area contributed by atoms with Crippen molar-refractivity contribution in [2.45, 2.75) is 29.0 Å². The highest BCUT2D eigenvalue weighted by Gasteiger charge is 2.38. The Labute approximate surface area is 170 Å². The van der Waals surface area contributed by atoms with E-state index in [1.165, 1.54) is 10.5 Å². The number of methoxy groups -OCH3 is 1. The fraction of sp³-hybridized carbons (Fsp3) is 0.208. The number of hydrogen-bond acceptors (Lipinski definition) is 3. The number of carbonyl (C=O) groups is 1. The van der Waals surface area contributed by atoms with E-state index in [2.05, 4.69) is 36.4 Å². The van der Waals surface area contributed by atoms with E-state index in [1.54, 1.807) is 7.11 Å². The first kappa shape index (κ1) is 18.6. The van der Waals surface area contributed by atoms with E-state index in [9.17, 15) is 4.79 Å². The molecule has 3 aromatic rings. The average Bonchev–Trinajstić information content (AvgIpc) is 2.76. The lowest BCUT2D eigenvalue weighted by atomic mass is 9.93. The molecular weight excluding hydrogens is 366 g/mol. The van der Waals surface area contributed by atoms with Crippen LogP contribution in [0, 0.1) is 0 Å². The number of amides is 1. The summed E-state index contributed by atoms with van der Waals surface area (Å²) in [6.45, 7) is 0. The summed E-state index contributed by atoms with van der Waals surface area (Å²) in [6, 6.07) is 28.6. The van der Waals surface area contributed by atoms with Gasteiger partial charge in [0.25, 0.3) is 0 Å². The molecule has 4 heteroatoms. The predicted molar refractivity (Wildman–Crippen MR) is 115 cm³/mol. The summed E-state index contributed by atoms with van der Waals surface area (Å²) in [7, 11) is 1.65. The highest BCUT2D eigenvalue weighted by atomic mass is 32.2. The molecule has 0 N–H and O–H groups in total. The topological polar surface area (TPSA) is 29.5 Å². The lowest BCUT2D eigenvalue weighted by Crippen LogP contribution is -2.44. The van der Waals surface area contributed by atoms with Gasteiger partial charge in [0.05, 0.1) is 13.2 Å². The molecule has 0 aliphatic carbocycles. The van der Waals surface area contributed by atoms with E-state index >= 15 is 0 Å². The maximum atomic E-state index is 13.0. The van der Waals surface area contributed by atoms with Gasteiger partial charge in [-0.25, -0.2) is 0 Å². The van der Waals surface area contributed by atoms with E-state index in [0.29, 0.717) is 6.42 Å². The summed E-state index contributed by atoms with van der Waals surface area (Å²) in [5, 5.41) is 0.282. The predicted octanol–water partition coefficient (Wildman–Crippen LogP) is 5.72. The summed E-state index contributed by atoms with van der Waals surface area (Å²) in [5.74, 6) is 0.962. The molecule has 1 aliphatic heterocycles. The van der Waals surface area contributed by atoms with E-state index in [0.717, 1.165) is 17.9 Å². The Morgan fingerprint density at radius 3 is 2.18 bits per heavy atom. The third kappa shape index (κ3) is 3.92. The number of thioether (sulfide) groups is 1. The lowest BCUT2D eigenvalue weighted by molar-refractivity contribution is -0.120. The summed E-state index contributed by atoms with van der Waals surface area (Å²) in [4.78, 5) is 16.2. The molecule has 0 aromatic heterocycles. The second kappa shape index (κ2) is 8.53. The molecule has 3 nitrogen and oxygen atoms in total. The second-order valence-electron chi connectivity index (χ2n) is 6.83. The molecule has 4 rings (SSSR count). The van der Waals surface area contributed by atoms with Gasteiger partial charge >= 0.3 is 0 Å². The van der Waals surface area contributed by atoms with Crippen LogP contribution < -0.4 is 9.64 Å². The molecule has 1 heterocycles. The Morgan fingerprint density at radius 2 is 1.54 bits per heavy atom. The summed E-state index contributed by atoms with van der Waals surface area (Å²) < 4.78 is 5.29. The van der Waals surface area contributed by atoms with Crippen molar-refractivity contribution in [3.8, 4) is 5.75 Å². The number of benzene rings is 3. The largest absolute Gasteiger partial charge is 0.497 e. The minimum absolute atomic E-state index is 0.0129. The molecule has 2 atom stereocenters. The zero-order valence-corrected chi connectivity index (χ0v) is 16.6. The number of piperidine rings is 1. The van der Waals surface area contributed by atoms with Gasteiger partial charge in [-0.1, -0.05) is 48.5 Å². The van der Waals surface area contributed by atoms with Gasteiger partial charge in [0.15, 0.2) is 0 Å². The zero-order valence-electron chi connectivity index (χ0n) is 15.8. The molecule has 0 saturated carbocycles. The quantitative estimate of drug-likeness (QED) is 0.558. The van der Waals surface area contributed by atoms with E-state index in [4.69, 9.17) is 4.74 Å². The SMILES string of the molecule is COc1ccc(N2C(=O)CCC(Sc3ccccc3)C2c2ccccc2)cc1. The molecule has 3 aromatic carbocycles. The highest BCUT2D eigenvalue weighted by molar-refractivity contribution is 8.00.